The fourth-order valence-electron chi connectivity index (χ4n) is 2.80. The molecule has 3 aromatic rings. The van der Waals surface area contributed by atoms with Crippen LogP contribution >= 0.6 is 22.6 Å². The Hall–Kier alpha value is -2.94. The van der Waals surface area contributed by atoms with Gasteiger partial charge in [-0.1, -0.05) is 12.1 Å². The van der Waals surface area contributed by atoms with E-state index in [9.17, 15) is 4.79 Å². The van der Waals surface area contributed by atoms with Gasteiger partial charge in [-0.3, -0.25) is 4.79 Å². The number of carbonyl (C=O) groups is 1. The maximum atomic E-state index is 12.7. The van der Waals surface area contributed by atoms with Crippen LogP contribution < -0.4 is 24.3 Å². The second-order valence-electron chi connectivity index (χ2n) is 6.15. The number of methoxy groups -OCH3 is 2. The summed E-state index contributed by atoms with van der Waals surface area (Å²) in [4.78, 5) is 12.7. The third kappa shape index (κ3) is 5.15. The summed E-state index contributed by atoms with van der Waals surface area (Å²) < 4.78 is 22.9. The van der Waals surface area contributed by atoms with Crippen molar-refractivity contribution in [1.29, 1.82) is 0 Å². The van der Waals surface area contributed by atoms with Gasteiger partial charge in [0, 0.05) is 11.3 Å². The van der Waals surface area contributed by atoms with Crippen molar-refractivity contribution in [2.45, 2.75) is 6.92 Å². The molecule has 0 fully saturated rings. The summed E-state index contributed by atoms with van der Waals surface area (Å²) in [6.45, 7) is 2.36. The van der Waals surface area contributed by atoms with Crippen LogP contribution in [-0.4, -0.2) is 26.7 Å². The minimum absolute atomic E-state index is 0.241. The first kappa shape index (κ1) is 21.8. The van der Waals surface area contributed by atoms with Gasteiger partial charge in [0.05, 0.1) is 24.4 Å². The fourth-order valence-corrected chi connectivity index (χ4v) is 3.62. The minimum Gasteiger partial charge on any atom is -0.493 e. The number of ether oxygens (including phenoxy) is 4. The molecule has 0 aromatic heterocycles. The van der Waals surface area contributed by atoms with Crippen molar-refractivity contribution >= 4 is 34.2 Å². The number of nitrogens with one attached hydrogen (secondary N) is 1. The highest BCUT2D eigenvalue weighted by Gasteiger charge is 2.15. The molecule has 0 aliphatic heterocycles. The fraction of sp³-hybridized carbons (Fsp3) is 0.174. The maximum absolute atomic E-state index is 12.7. The molecule has 0 bridgehead atoms. The van der Waals surface area contributed by atoms with Gasteiger partial charge in [-0.05, 0) is 78.0 Å². The smallest absolute Gasteiger partial charge is 0.255 e. The van der Waals surface area contributed by atoms with E-state index < -0.39 is 0 Å². The normalized spacial score (nSPS) is 10.3. The molecule has 0 aliphatic rings. The summed E-state index contributed by atoms with van der Waals surface area (Å²) >= 11 is 2.12. The zero-order chi connectivity index (χ0) is 21.5. The summed E-state index contributed by atoms with van der Waals surface area (Å²) in [5, 5.41) is 2.89. The third-order valence-corrected chi connectivity index (χ3v) is 4.99. The van der Waals surface area contributed by atoms with E-state index in [0.717, 1.165) is 3.57 Å². The average molecular weight is 519 g/mol. The van der Waals surface area contributed by atoms with E-state index in [4.69, 9.17) is 18.9 Å². The highest BCUT2D eigenvalue weighted by Crippen LogP contribution is 2.34. The van der Waals surface area contributed by atoms with Gasteiger partial charge in [0.1, 0.15) is 5.75 Å². The molecular formula is C23H22INO5. The first-order valence-corrected chi connectivity index (χ1v) is 10.4. The van der Waals surface area contributed by atoms with Crippen LogP contribution in [-0.2, 0) is 0 Å². The summed E-state index contributed by atoms with van der Waals surface area (Å²) in [5.74, 6) is 2.82. The Bertz CT molecular complexity index is 1020. The summed E-state index contributed by atoms with van der Waals surface area (Å²) in [7, 11) is 3.17. The predicted molar refractivity (Wildman–Crippen MR) is 124 cm³/mol. The molecule has 156 valence electrons. The van der Waals surface area contributed by atoms with Gasteiger partial charge in [0.15, 0.2) is 23.0 Å². The highest BCUT2D eigenvalue weighted by atomic mass is 127. The first-order valence-electron chi connectivity index (χ1n) is 9.28. The number of carbonyl (C=O) groups excluding carboxylic acids is 1. The topological polar surface area (TPSA) is 66.0 Å². The molecule has 0 spiro atoms. The molecule has 0 unspecified atom stereocenters. The Kier molecular flexibility index (Phi) is 7.40. The Balaban J connectivity index is 1.73. The van der Waals surface area contributed by atoms with E-state index in [1.165, 1.54) is 0 Å². The van der Waals surface area contributed by atoms with Crippen molar-refractivity contribution in [3.05, 3.63) is 69.8 Å². The number of hydrogen-bond acceptors (Lipinski definition) is 5. The van der Waals surface area contributed by atoms with Crippen molar-refractivity contribution in [3.63, 3.8) is 0 Å². The summed E-state index contributed by atoms with van der Waals surface area (Å²) in [5.41, 5.74) is 1.13. The largest absolute Gasteiger partial charge is 0.493 e. The summed E-state index contributed by atoms with van der Waals surface area (Å²) in [6, 6.07) is 18.0. The summed E-state index contributed by atoms with van der Waals surface area (Å²) in [6.07, 6.45) is 0. The van der Waals surface area contributed by atoms with Crippen LogP contribution in [0.25, 0.3) is 0 Å². The number of amides is 1. The molecule has 1 N–H and O–H groups in total. The molecule has 6 nitrogen and oxygen atoms in total. The van der Waals surface area contributed by atoms with Crippen molar-refractivity contribution in [3.8, 4) is 28.7 Å². The van der Waals surface area contributed by atoms with Crippen LogP contribution in [0.5, 0.6) is 28.7 Å². The number of anilines is 1. The van der Waals surface area contributed by atoms with Gasteiger partial charge < -0.3 is 24.3 Å². The van der Waals surface area contributed by atoms with E-state index in [2.05, 4.69) is 27.9 Å². The van der Waals surface area contributed by atoms with Gasteiger partial charge in [-0.15, -0.1) is 0 Å². The van der Waals surface area contributed by atoms with E-state index in [1.54, 1.807) is 50.6 Å². The van der Waals surface area contributed by atoms with Gasteiger partial charge in [-0.25, -0.2) is 0 Å². The Morgan fingerprint density at radius 1 is 0.933 bits per heavy atom. The molecule has 0 radical (unpaired) electrons. The number of halogens is 1. The molecule has 0 saturated carbocycles. The van der Waals surface area contributed by atoms with Gasteiger partial charge >= 0.3 is 0 Å². The number of hydrogen-bond donors (Lipinski definition) is 1. The molecule has 1 amide bonds. The molecule has 0 aliphatic carbocycles. The lowest BCUT2D eigenvalue weighted by atomic mass is 10.1. The molecule has 3 rings (SSSR count). The van der Waals surface area contributed by atoms with Crippen LogP contribution in [0.15, 0.2) is 60.7 Å². The molecule has 7 heteroatoms. The quantitative estimate of drug-likeness (QED) is 0.384. The lowest BCUT2D eigenvalue weighted by Crippen LogP contribution is -2.13. The van der Waals surface area contributed by atoms with Crippen molar-refractivity contribution < 1.29 is 23.7 Å². The molecule has 30 heavy (non-hydrogen) atoms. The Morgan fingerprint density at radius 3 is 2.27 bits per heavy atom. The monoisotopic (exact) mass is 519 g/mol. The number of para-hydroxylation sites is 2. The maximum Gasteiger partial charge on any atom is 0.255 e. The highest BCUT2D eigenvalue weighted by molar-refractivity contribution is 14.1. The van der Waals surface area contributed by atoms with Gasteiger partial charge in [-0.2, -0.15) is 0 Å². The molecule has 0 saturated heterocycles. The van der Waals surface area contributed by atoms with Crippen molar-refractivity contribution in [2.75, 3.05) is 26.1 Å². The molecule has 0 heterocycles. The van der Waals surface area contributed by atoms with Crippen molar-refractivity contribution in [2.24, 2.45) is 0 Å². The first-order chi connectivity index (χ1) is 14.5. The van der Waals surface area contributed by atoms with Crippen molar-refractivity contribution in [1.82, 2.24) is 0 Å². The average Bonchev–Trinajstić information content (AvgIpc) is 2.75. The van der Waals surface area contributed by atoms with Crippen LogP contribution in [0.3, 0.4) is 0 Å². The Morgan fingerprint density at radius 2 is 1.63 bits per heavy atom. The third-order valence-electron chi connectivity index (χ3n) is 4.18. The molecule has 3 aromatic carbocycles. The molecular weight excluding hydrogens is 497 g/mol. The standard InChI is InChI=1S/C23H22INO5/c1-4-29-21-14-15(13-18(24)22(21)28-3)23(26)25-16-9-11-17(12-10-16)30-20-8-6-5-7-19(20)27-2/h5-14H,4H2,1-3H3,(H,25,26). The van der Waals surface area contributed by atoms with Crippen LogP contribution in [0, 0.1) is 3.57 Å². The van der Waals surface area contributed by atoms with Gasteiger partial charge in [0.2, 0.25) is 0 Å². The predicted octanol–water partition coefficient (Wildman–Crippen LogP) is 5.75. The lowest BCUT2D eigenvalue weighted by molar-refractivity contribution is 0.102. The number of benzene rings is 3. The minimum atomic E-state index is -0.241. The van der Waals surface area contributed by atoms with E-state index in [-0.39, 0.29) is 5.91 Å². The van der Waals surface area contributed by atoms with Gasteiger partial charge in [0.25, 0.3) is 5.91 Å². The lowest BCUT2D eigenvalue weighted by Gasteiger charge is -2.14. The van der Waals surface area contributed by atoms with Crippen LogP contribution in [0.4, 0.5) is 5.69 Å². The second kappa shape index (κ2) is 10.2. The van der Waals surface area contributed by atoms with E-state index in [1.807, 2.05) is 31.2 Å². The van der Waals surface area contributed by atoms with Crippen LogP contribution in [0.1, 0.15) is 17.3 Å². The van der Waals surface area contributed by atoms with E-state index >= 15 is 0 Å². The SMILES string of the molecule is CCOc1cc(C(=O)Nc2ccc(Oc3ccccc3OC)cc2)cc(I)c1OC. The zero-order valence-corrected chi connectivity index (χ0v) is 19.1. The van der Waals surface area contributed by atoms with E-state index in [0.29, 0.717) is 46.6 Å². The molecule has 0 atom stereocenters. The Labute approximate surface area is 189 Å². The zero-order valence-electron chi connectivity index (χ0n) is 16.9. The van der Waals surface area contributed by atoms with Crippen LogP contribution in [0.2, 0.25) is 0 Å². The number of rotatable bonds is 8. The second-order valence-corrected chi connectivity index (χ2v) is 7.32.